The molecule has 0 spiro atoms. The minimum atomic E-state index is -0.587. The number of carbonyl (C=O) groups excluding carboxylic acids is 1. The van der Waals surface area contributed by atoms with Crippen molar-refractivity contribution in [3.8, 4) is 0 Å². The summed E-state index contributed by atoms with van der Waals surface area (Å²) in [7, 11) is 0. The molecular formula is C18H15ClN4O4. The van der Waals surface area contributed by atoms with E-state index in [0.29, 0.717) is 10.5 Å². The first kappa shape index (κ1) is 18.5. The van der Waals surface area contributed by atoms with Gasteiger partial charge in [0.15, 0.2) is 0 Å². The first-order valence-corrected chi connectivity index (χ1v) is 8.41. The second-order valence-electron chi connectivity index (χ2n) is 5.98. The van der Waals surface area contributed by atoms with Crippen LogP contribution in [0, 0.1) is 10.1 Å². The summed E-state index contributed by atoms with van der Waals surface area (Å²) in [6.45, 7) is 1.56. The number of fused-ring (bicyclic) bond motifs is 1. The van der Waals surface area contributed by atoms with E-state index in [1.807, 2.05) is 6.92 Å². The van der Waals surface area contributed by atoms with Crippen LogP contribution >= 0.6 is 11.6 Å². The van der Waals surface area contributed by atoms with Gasteiger partial charge in [0, 0.05) is 17.2 Å². The van der Waals surface area contributed by atoms with E-state index in [1.54, 1.807) is 24.3 Å². The number of benzene rings is 2. The number of nitrogens with zero attached hydrogens (tertiary/aromatic N) is 3. The molecule has 0 aliphatic rings. The molecule has 1 N–H and O–H groups in total. The van der Waals surface area contributed by atoms with Gasteiger partial charge in [-0.05, 0) is 30.7 Å². The highest BCUT2D eigenvalue weighted by atomic mass is 35.5. The molecule has 1 aromatic heterocycles. The van der Waals surface area contributed by atoms with Crippen molar-refractivity contribution in [1.82, 2.24) is 14.9 Å². The maximum absolute atomic E-state index is 12.5. The molecule has 0 unspecified atom stereocenters. The number of carbonyl (C=O) groups is 1. The molecule has 0 saturated carbocycles. The van der Waals surface area contributed by atoms with E-state index in [0.717, 1.165) is 16.2 Å². The fourth-order valence-electron chi connectivity index (χ4n) is 2.65. The summed E-state index contributed by atoms with van der Waals surface area (Å²) < 4.78 is 1.12. The number of hydrogen-bond donors (Lipinski definition) is 1. The average molecular weight is 387 g/mol. The summed E-state index contributed by atoms with van der Waals surface area (Å²) in [4.78, 5) is 39.2. The van der Waals surface area contributed by atoms with Crippen LogP contribution in [0.15, 0.2) is 53.6 Å². The van der Waals surface area contributed by atoms with Crippen LogP contribution in [0.1, 0.15) is 18.5 Å². The van der Waals surface area contributed by atoms with Crippen molar-refractivity contribution in [2.75, 3.05) is 0 Å². The zero-order valence-corrected chi connectivity index (χ0v) is 15.0. The molecular weight excluding hydrogens is 372 g/mol. The molecule has 1 amide bonds. The Labute approximate surface area is 158 Å². The molecule has 138 valence electrons. The smallest absolute Gasteiger partial charge is 0.270 e. The second-order valence-corrected chi connectivity index (χ2v) is 6.41. The highest BCUT2D eigenvalue weighted by Crippen LogP contribution is 2.17. The maximum atomic E-state index is 12.5. The monoisotopic (exact) mass is 386 g/mol. The molecule has 27 heavy (non-hydrogen) atoms. The zero-order valence-electron chi connectivity index (χ0n) is 14.3. The van der Waals surface area contributed by atoms with Gasteiger partial charge in [-0.15, -0.1) is 0 Å². The number of amides is 1. The number of aromatic nitrogens is 2. The van der Waals surface area contributed by atoms with Gasteiger partial charge in [0.2, 0.25) is 5.91 Å². The number of hydrogen-bond acceptors (Lipinski definition) is 5. The van der Waals surface area contributed by atoms with Gasteiger partial charge in [0.1, 0.15) is 6.54 Å². The van der Waals surface area contributed by atoms with Crippen molar-refractivity contribution >= 4 is 34.1 Å². The number of nitro benzene ring substituents is 1. The topological polar surface area (TPSA) is 107 Å². The zero-order chi connectivity index (χ0) is 19.6. The lowest BCUT2D eigenvalue weighted by Crippen LogP contribution is -2.34. The van der Waals surface area contributed by atoms with Crippen molar-refractivity contribution < 1.29 is 9.72 Å². The summed E-state index contributed by atoms with van der Waals surface area (Å²) >= 11 is 5.85. The Morgan fingerprint density at radius 1 is 1.30 bits per heavy atom. The quantitative estimate of drug-likeness (QED) is 0.536. The number of nitrogens with one attached hydrogen (secondary N) is 1. The predicted octanol–water partition coefficient (Wildman–Crippen LogP) is 2.84. The minimum Gasteiger partial charge on any atom is -0.348 e. The van der Waals surface area contributed by atoms with Crippen molar-refractivity contribution in [3.05, 3.63) is 79.8 Å². The largest absolute Gasteiger partial charge is 0.348 e. The lowest BCUT2D eigenvalue weighted by Gasteiger charge is -2.15. The van der Waals surface area contributed by atoms with Crippen molar-refractivity contribution in [1.29, 1.82) is 0 Å². The Morgan fingerprint density at radius 2 is 2.00 bits per heavy atom. The summed E-state index contributed by atoms with van der Waals surface area (Å²) in [5.74, 6) is -0.383. The number of rotatable bonds is 5. The highest BCUT2D eigenvalue weighted by Gasteiger charge is 2.14. The first-order valence-electron chi connectivity index (χ1n) is 8.03. The lowest BCUT2D eigenvalue weighted by atomic mass is 10.1. The van der Waals surface area contributed by atoms with Gasteiger partial charge in [-0.1, -0.05) is 23.7 Å². The Kier molecular flexibility index (Phi) is 5.18. The van der Waals surface area contributed by atoms with Gasteiger partial charge in [-0.3, -0.25) is 24.3 Å². The molecule has 3 rings (SSSR count). The minimum absolute atomic E-state index is 0.0882. The Bertz CT molecular complexity index is 1080. The third kappa shape index (κ3) is 4.12. The van der Waals surface area contributed by atoms with Crippen LogP contribution in [0.2, 0.25) is 5.02 Å². The van der Waals surface area contributed by atoms with Crippen molar-refractivity contribution in [2.45, 2.75) is 19.5 Å². The summed E-state index contributed by atoms with van der Waals surface area (Å²) in [5.41, 5.74) is 0.474. The van der Waals surface area contributed by atoms with Crippen LogP contribution in [-0.2, 0) is 11.3 Å². The summed E-state index contributed by atoms with van der Waals surface area (Å²) in [5, 5.41) is 14.4. The van der Waals surface area contributed by atoms with Crippen LogP contribution < -0.4 is 10.9 Å². The third-order valence-corrected chi connectivity index (χ3v) is 4.33. The Morgan fingerprint density at radius 3 is 2.67 bits per heavy atom. The molecule has 1 atom stereocenters. The third-order valence-electron chi connectivity index (χ3n) is 4.08. The van der Waals surface area contributed by atoms with Gasteiger partial charge in [0.05, 0.1) is 28.2 Å². The molecule has 0 fully saturated rings. The lowest BCUT2D eigenvalue weighted by molar-refractivity contribution is -0.384. The molecule has 9 heteroatoms. The fraction of sp³-hybridized carbons (Fsp3) is 0.167. The molecule has 2 aromatic carbocycles. The van der Waals surface area contributed by atoms with E-state index in [4.69, 9.17) is 11.6 Å². The molecule has 3 aromatic rings. The van der Waals surface area contributed by atoms with Gasteiger partial charge in [-0.25, -0.2) is 4.98 Å². The average Bonchev–Trinajstić information content (AvgIpc) is 2.64. The van der Waals surface area contributed by atoms with Crippen molar-refractivity contribution in [2.24, 2.45) is 0 Å². The van der Waals surface area contributed by atoms with Gasteiger partial charge < -0.3 is 5.32 Å². The normalized spacial score (nSPS) is 11.9. The van der Waals surface area contributed by atoms with Gasteiger partial charge in [0.25, 0.3) is 11.2 Å². The van der Waals surface area contributed by atoms with E-state index in [-0.39, 0.29) is 29.6 Å². The first-order chi connectivity index (χ1) is 12.8. The molecule has 0 radical (unpaired) electrons. The maximum Gasteiger partial charge on any atom is 0.270 e. The molecule has 1 heterocycles. The van der Waals surface area contributed by atoms with Crippen LogP contribution in [0.3, 0.4) is 0 Å². The van der Waals surface area contributed by atoms with Gasteiger partial charge in [-0.2, -0.15) is 0 Å². The summed E-state index contributed by atoms with van der Waals surface area (Å²) in [6, 6.07) is 10.6. The van der Waals surface area contributed by atoms with Crippen LogP contribution in [0.5, 0.6) is 0 Å². The SMILES string of the molecule is C[C@H](NC(=O)Cn1cnc2ccc([N+](=O)[O-])cc2c1=O)c1ccc(Cl)cc1. The van der Waals surface area contributed by atoms with Crippen molar-refractivity contribution in [3.63, 3.8) is 0 Å². The molecule has 0 saturated heterocycles. The van der Waals surface area contributed by atoms with E-state index < -0.39 is 10.5 Å². The fourth-order valence-corrected chi connectivity index (χ4v) is 2.78. The predicted molar refractivity (Wildman–Crippen MR) is 101 cm³/mol. The van der Waals surface area contributed by atoms with E-state index in [2.05, 4.69) is 10.3 Å². The van der Waals surface area contributed by atoms with E-state index >= 15 is 0 Å². The Balaban J connectivity index is 1.80. The second kappa shape index (κ2) is 7.55. The number of non-ortho nitro benzene ring substituents is 1. The van der Waals surface area contributed by atoms with E-state index in [1.165, 1.54) is 18.5 Å². The van der Waals surface area contributed by atoms with Gasteiger partial charge >= 0.3 is 0 Å². The molecule has 8 nitrogen and oxygen atoms in total. The van der Waals surface area contributed by atoms with E-state index in [9.17, 15) is 19.7 Å². The Hall–Kier alpha value is -3.26. The number of nitro groups is 1. The molecule has 0 bridgehead atoms. The van der Waals surface area contributed by atoms with Crippen LogP contribution in [0.4, 0.5) is 5.69 Å². The number of halogens is 1. The summed E-state index contributed by atoms with van der Waals surface area (Å²) in [6.07, 6.45) is 1.25. The highest BCUT2D eigenvalue weighted by molar-refractivity contribution is 6.30. The van der Waals surface area contributed by atoms with Crippen LogP contribution in [-0.4, -0.2) is 20.4 Å². The molecule has 0 aliphatic heterocycles. The standard InChI is InChI=1S/C18H15ClN4O4/c1-11(12-2-4-13(19)5-3-12)21-17(24)9-22-10-20-16-7-6-14(23(26)27)8-15(16)18(22)25/h2-8,10-11H,9H2,1H3,(H,21,24)/t11-/m0/s1. The molecule has 0 aliphatic carbocycles. The van der Waals surface area contributed by atoms with Crippen LogP contribution in [0.25, 0.3) is 10.9 Å².